The Morgan fingerprint density at radius 1 is 1.30 bits per heavy atom. The summed E-state index contributed by atoms with van der Waals surface area (Å²) >= 11 is 1.81. The molecule has 0 aliphatic heterocycles. The number of aromatic nitrogens is 1. The molecule has 0 atom stereocenters. The number of ether oxygens (including phenoxy) is 1. The van der Waals surface area contributed by atoms with Crippen LogP contribution in [-0.4, -0.2) is 18.6 Å². The van der Waals surface area contributed by atoms with Crippen molar-refractivity contribution in [2.24, 2.45) is 0 Å². The lowest BCUT2D eigenvalue weighted by molar-refractivity contribution is 0.340. The first kappa shape index (κ1) is 13.6. The molecule has 0 spiro atoms. The van der Waals surface area contributed by atoms with E-state index in [-0.39, 0.29) is 0 Å². The summed E-state index contributed by atoms with van der Waals surface area (Å²) in [5.41, 5.74) is 2.50. The van der Waals surface area contributed by atoms with Gasteiger partial charge in [-0.2, -0.15) is 0 Å². The lowest BCUT2D eigenvalue weighted by atomic mass is 10.2. The molecule has 0 bridgehead atoms. The Balaban J connectivity index is 1.87. The summed E-state index contributed by atoms with van der Waals surface area (Å²) in [6, 6.07) is 8.25. The van der Waals surface area contributed by atoms with Crippen molar-refractivity contribution in [2.75, 3.05) is 13.7 Å². The molecular formula is C16H20N2OS. The third kappa shape index (κ3) is 2.86. The first-order valence-electron chi connectivity index (χ1n) is 7.19. The standard InChI is InChI=1S/C16H20N2OS/c1-3-19-13-8-6-12(7-9-13)16-18-15(11-4-5-11)14(20-16)10-17-2/h6-9,11,17H,3-5,10H2,1-2H3. The Bertz CT molecular complexity index is 573. The van der Waals surface area contributed by atoms with Gasteiger partial charge in [0, 0.05) is 22.9 Å². The van der Waals surface area contributed by atoms with E-state index in [1.165, 1.54) is 29.0 Å². The van der Waals surface area contributed by atoms with E-state index in [1.54, 1.807) is 0 Å². The highest BCUT2D eigenvalue weighted by Crippen LogP contribution is 2.44. The normalized spacial score (nSPS) is 14.5. The number of benzene rings is 1. The average molecular weight is 288 g/mol. The zero-order valence-corrected chi connectivity index (χ0v) is 12.8. The van der Waals surface area contributed by atoms with Crippen molar-refractivity contribution in [3.63, 3.8) is 0 Å². The van der Waals surface area contributed by atoms with E-state index in [0.29, 0.717) is 12.5 Å². The van der Waals surface area contributed by atoms with Crippen LogP contribution in [0, 0.1) is 0 Å². The number of nitrogens with zero attached hydrogens (tertiary/aromatic N) is 1. The molecule has 1 aromatic carbocycles. The number of rotatable bonds is 6. The van der Waals surface area contributed by atoms with Crippen LogP contribution in [0.15, 0.2) is 24.3 Å². The summed E-state index contributed by atoms with van der Waals surface area (Å²) in [6.07, 6.45) is 2.59. The lowest BCUT2D eigenvalue weighted by Crippen LogP contribution is -2.05. The first-order chi connectivity index (χ1) is 9.81. The van der Waals surface area contributed by atoms with Gasteiger partial charge in [0.25, 0.3) is 0 Å². The minimum absolute atomic E-state index is 0.700. The van der Waals surface area contributed by atoms with Crippen LogP contribution in [0.1, 0.15) is 36.3 Å². The van der Waals surface area contributed by atoms with Gasteiger partial charge in [-0.3, -0.25) is 0 Å². The smallest absolute Gasteiger partial charge is 0.123 e. The highest BCUT2D eigenvalue weighted by atomic mass is 32.1. The van der Waals surface area contributed by atoms with E-state index in [2.05, 4.69) is 17.4 Å². The average Bonchev–Trinajstić information content (AvgIpc) is 3.22. The Labute approximate surface area is 124 Å². The van der Waals surface area contributed by atoms with Gasteiger partial charge in [-0.1, -0.05) is 0 Å². The molecule has 1 N–H and O–H groups in total. The third-order valence-electron chi connectivity index (χ3n) is 3.44. The molecule has 20 heavy (non-hydrogen) atoms. The van der Waals surface area contributed by atoms with Crippen molar-refractivity contribution in [2.45, 2.75) is 32.2 Å². The summed E-state index contributed by atoms with van der Waals surface area (Å²) in [5.74, 6) is 1.62. The van der Waals surface area contributed by atoms with Crippen LogP contribution in [0.25, 0.3) is 10.6 Å². The minimum Gasteiger partial charge on any atom is -0.494 e. The molecule has 1 aromatic heterocycles. The highest BCUT2D eigenvalue weighted by molar-refractivity contribution is 7.15. The lowest BCUT2D eigenvalue weighted by Gasteiger charge is -2.02. The summed E-state index contributed by atoms with van der Waals surface area (Å²) in [7, 11) is 1.99. The van der Waals surface area contributed by atoms with Crippen molar-refractivity contribution in [1.29, 1.82) is 0 Å². The van der Waals surface area contributed by atoms with E-state index in [4.69, 9.17) is 9.72 Å². The third-order valence-corrected chi connectivity index (χ3v) is 4.56. The maximum Gasteiger partial charge on any atom is 0.123 e. The second-order valence-corrected chi connectivity index (χ2v) is 6.17. The predicted molar refractivity (Wildman–Crippen MR) is 83.5 cm³/mol. The van der Waals surface area contributed by atoms with Gasteiger partial charge in [0.2, 0.25) is 0 Å². The molecular weight excluding hydrogens is 268 g/mol. The van der Waals surface area contributed by atoms with Gasteiger partial charge in [-0.05, 0) is 51.1 Å². The molecule has 1 heterocycles. The Kier molecular flexibility index (Phi) is 4.03. The molecule has 3 rings (SSSR count). The van der Waals surface area contributed by atoms with Crippen molar-refractivity contribution in [1.82, 2.24) is 10.3 Å². The van der Waals surface area contributed by atoms with Crippen LogP contribution in [0.5, 0.6) is 5.75 Å². The van der Waals surface area contributed by atoms with Crippen LogP contribution < -0.4 is 10.1 Å². The molecule has 1 fully saturated rings. The summed E-state index contributed by atoms with van der Waals surface area (Å²) in [6.45, 7) is 3.62. The molecule has 1 saturated carbocycles. The van der Waals surface area contributed by atoms with E-state index >= 15 is 0 Å². The molecule has 0 saturated heterocycles. The molecule has 1 aliphatic rings. The summed E-state index contributed by atoms with van der Waals surface area (Å²) in [5, 5.41) is 4.37. The number of hydrogen-bond acceptors (Lipinski definition) is 4. The number of hydrogen-bond donors (Lipinski definition) is 1. The summed E-state index contributed by atoms with van der Waals surface area (Å²) < 4.78 is 5.49. The minimum atomic E-state index is 0.700. The monoisotopic (exact) mass is 288 g/mol. The highest BCUT2D eigenvalue weighted by Gasteiger charge is 2.29. The summed E-state index contributed by atoms with van der Waals surface area (Å²) in [4.78, 5) is 6.26. The van der Waals surface area contributed by atoms with Crippen LogP contribution in [0.2, 0.25) is 0 Å². The van der Waals surface area contributed by atoms with Crippen molar-refractivity contribution >= 4 is 11.3 Å². The van der Waals surface area contributed by atoms with Crippen LogP contribution in [0.3, 0.4) is 0 Å². The van der Waals surface area contributed by atoms with Gasteiger partial charge in [-0.25, -0.2) is 4.98 Å². The fraction of sp³-hybridized carbons (Fsp3) is 0.438. The van der Waals surface area contributed by atoms with Gasteiger partial charge in [0.1, 0.15) is 10.8 Å². The molecule has 4 heteroatoms. The Hall–Kier alpha value is -1.39. The van der Waals surface area contributed by atoms with Crippen molar-refractivity contribution in [3.8, 4) is 16.3 Å². The van der Waals surface area contributed by atoms with Crippen molar-refractivity contribution < 1.29 is 4.74 Å². The predicted octanol–water partition coefficient (Wildman–Crippen LogP) is 3.81. The Morgan fingerprint density at radius 2 is 2.05 bits per heavy atom. The van der Waals surface area contributed by atoms with Gasteiger partial charge >= 0.3 is 0 Å². The molecule has 3 nitrogen and oxygen atoms in total. The quantitative estimate of drug-likeness (QED) is 0.877. The molecule has 106 valence electrons. The molecule has 0 unspecified atom stereocenters. The SMILES string of the molecule is CCOc1ccc(-c2nc(C3CC3)c(CNC)s2)cc1. The first-order valence-corrected chi connectivity index (χ1v) is 8.01. The van der Waals surface area contributed by atoms with E-state index in [9.17, 15) is 0 Å². The maximum absolute atomic E-state index is 5.49. The van der Waals surface area contributed by atoms with E-state index in [0.717, 1.165) is 17.3 Å². The van der Waals surface area contributed by atoms with Crippen LogP contribution in [0.4, 0.5) is 0 Å². The Morgan fingerprint density at radius 3 is 2.65 bits per heavy atom. The fourth-order valence-corrected chi connectivity index (χ4v) is 3.48. The molecule has 0 radical (unpaired) electrons. The van der Waals surface area contributed by atoms with Gasteiger partial charge in [0.15, 0.2) is 0 Å². The maximum atomic E-state index is 5.49. The second-order valence-electron chi connectivity index (χ2n) is 5.09. The zero-order valence-electron chi connectivity index (χ0n) is 12.0. The second kappa shape index (κ2) is 5.94. The van der Waals surface area contributed by atoms with Gasteiger partial charge in [-0.15, -0.1) is 11.3 Å². The number of nitrogens with one attached hydrogen (secondary N) is 1. The zero-order chi connectivity index (χ0) is 13.9. The molecule has 2 aromatic rings. The van der Waals surface area contributed by atoms with Gasteiger partial charge < -0.3 is 10.1 Å². The van der Waals surface area contributed by atoms with Gasteiger partial charge in [0.05, 0.1) is 12.3 Å². The topological polar surface area (TPSA) is 34.1 Å². The van der Waals surface area contributed by atoms with E-state index in [1.807, 2.05) is 37.4 Å². The molecule has 0 amide bonds. The van der Waals surface area contributed by atoms with E-state index < -0.39 is 0 Å². The molecule has 1 aliphatic carbocycles. The van der Waals surface area contributed by atoms with Crippen LogP contribution in [-0.2, 0) is 6.54 Å². The largest absolute Gasteiger partial charge is 0.494 e. The fourth-order valence-electron chi connectivity index (χ4n) is 2.31. The van der Waals surface area contributed by atoms with Crippen molar-refractivity contribution in [3.05, 3.63) is 34.8 Å². The number of thiazole rings is 1. The van der Waals surface area contributed by atoms with Crippen LogP contribution >= 0.6 is 11.3 Å².